The number of likely N-dealkylation sites (tertiary alicyclic amines) is 1. The molecular formula is C16H21N3S. The zero-order valence-electron chi connectivity index (χ0n) is 11.7. The van der Waals surface area contributed by atoms with Gasteiger partial charge in [0.1, 0.15) is 0 Å². The number of hydrogen-bond donors (Lipinski definition) is 1. The van der Waals surface area contributed by atoms with Gasteiger partial charge in [-0.1, -0.05) is 36.8 Å². The summed E-state index contributed by atoms with van der Waals surface area (Å²) in [5.74, 6) is 0. The predicted molar refractivity (Wildman–Crippen MR) is 85.3 cm³/mol. The monoisotopic (exact) mass is 287 g/mol. The van der Waals surface area contributed by atoms with Gasteiger partial charge in [-0.3, -0.25) is 0 Å². The van der Waals surface area contributed by atoms with Crippen LogP contribution in [0.1, 0.15) is 19.3 Å². The van der Waals surface area contributed by atoms with E-state index in [9.17, 15) is 0 Å². The van der Waals surface area contributed by atoms with Crippen molar-refractivity contribution in [1.82, 2.24) is 14.5 Å². The Bertz CT molecular complexity index is 594. The Kier molecular flexibility index (Phi) is 4.33. The summed E-state index contributed by atoms with van der Waals surface area (Å²) in [7, 11) is 0. The van der Waals surface area contributed by atoms with Gasteiger partial charge in [0.2, 0.25) is 0 Å². The zero-order valence-corrected chi connectivity index (χ0v) is 12.5. The molecule has 1 aromatic carbocycles. The third-order valence-corrected chi connectivity index (χ3v) is 4.36. The Balaban J connectivity index is 1.76. The van der Waals surface area contributed by atoms with Gasteiger partial charge in [-0.15, -0.1) is 0 Å². The molecule has 1 aromatic heterocycles. The fourth-order valence-electron chi connectivity index (χ4n) is 2.89. The minimum absolute atomic E-state index is 0.820. The van der Waals surface area contributed by atoms with Crippen LogP contribution in [-0.2, 0) is 6.54 Å². The van der Waals surface area contributed by atoms with Gasteiger partial charge in [0.15, 0.2) is 4.77 Å². The van der Waals surface area contributed by atoms with Crippen molar-refractivity contribution in [2.24, 2.45) is 0 Å². The summed E-state index contributed by atoms with van der Waals surface area (Å²) >= 11 is 5.43. The molecule has 1 aliphatic rings. The van der Waals surface area contributed by atoms with Crippen LogP contribution in [0, 0.1) is 4.77 Å². The molecule has 0 radical (unpaired) electrons. The van der Waals surface area contributed by atoms with E-state index < -0.39 is 0 Å². The second-order valence-electron chi connectivity index (χ2n) is 5.40. The van der Waals surface area contributed by atoms with Gasteiger partial charge >= 0.3 is 0 Å². The van der Waals surface area contributed by atoms with E-state index in [1.165, 1.54) is 43.6 Å². The maximum absolute atomic E-state index is 5.43. The van der Waals surface area contributed by atoms with Crippen LogP contribution in [0.3, 0.4) is 0 Å². The van der Waals surface area contributed by atoms with Crippen molar-refractivity contribution in [2.45, 2.75) is 25.8 Å². The molecule has 2 heterocycles. The summed E-state index contributed by atoms with van der Waals surface area (Å²) in [5.41, 5.74) is 2.41. The number of imidazole rings is 1. The number of rotatable bonds is 4. The second-order valence-corrected chi connectivity index (χ2v) is 5.79. The van der Waals surface area contributed by atoms with Crippen molar-refractivity contribution < 1.29 is 0 Å². The molecule has 106 valence electrons. The van der Waals surface area contributed by atoms with Gasteiger partial charge in [0.05, 0.1) is 5.69 Å². The molecule has 0 aliphatic carbocycles. The average Bonchev–Trinajstić information content (AvgIpc) is 2.88. The molecule has 2 aromatic rings. The third kappa shape index (κ3) is 3.02. The van der Waals surface area contributed by atoms with Crippen molar-refractivity contribution in [3.8, 4) is 11.3 Å². The van der Waals surface area contributed by atoms with E-state index in [0.717, 1.165) is 17.9 Å². The number of benzene rings is 1. The number of aromatic nitrogens is 2. The lowest BCUT2D eigenvalue weighted by Crippen LogP contribution is -2.32. The Morgan fingerprint density at radius 2 is 1.75 bits per heavy atom. The van der Waals surface area contributed by atoms with E-state index in [-0.39, 0.29) is 0 Å². The van der Waals surface area contributed by atoms with Crippen LogP contribution in [0.2, 0.25) is 0 Å². The number of nitrogens with one attached hydrogen (secondary N) is 1. The maximum Gasteiger partial charge on any atom is 0.177 e. The molecule has 20 heavy (non-hydrogen) atoms. The lowest BCUT2D eigenvalue weighted by atomic mass is 10.1. The molecule has 0 amide bonds. The molecule has 0 bridgehead atoms. The Morgan fingerprint density at radius 3 is 2.50 bits per heavy atom. The fraction of sp³-hybridized carbons (Fsp3) is 0.438. The minimum atomic E-state index is 0.820. The highest BCUT2D eigenvalue weighted by Gasteiger charge is 2.11. The molecule has 0 unspecified atom stereocenters. The van der Waals surface area contributed by atoms with E-state index in [4.69, 9.17) is 12.2 Å². The highest BCUT2D eigenvalue weighted by Crippen LogP contribution is 2.19. The van der Waals surface area contributed by atoms with Crippen molar-refractivity contribution in [3.05, 3.63) is 41.3 Å². The molecule has 0 spiro atoms. The van der Waals surface area contributed by atoms with Crippen molar-refractivity contribution in [2.75, 3.05) is 19.6 Å². The van der Waals surface area contributed by atoms with E-state index in [1.54, 1.807) is 0 Å². The van der Waals surface area contributed by atoms with E-state index in [2.05, 4.69) is 38.7 Å². The normalized spacial score (nSPS) is 16.4. The molecule has 1 saturated heterocycles. The molecular weight excluding hydrogens is 266 g/mol. The van der Waals surface area contributed by atoms with Crippen molar-refractivity contribution in [1.29, 1.82) is 0 Å². The first-order valence-electron chi connectivity index (χ1n) is 7.40. The molecule has 4 heteroatoms. The summed E-state index contributed by atoms with van der Waals surface area (Å²) in [6.45, 7) is 4.52. The fourth-order valence-corrected chi connectivity index (χ4v) is 3.14. The van der Waals surface area contributed by atoms with E-state index in [1.807, 2.05) is 12.3 Å². The van der Waals surface area contributed by atoms with E-state index >= 15 is 0 Å². The summed E-state index contributed by atoms with van der Waals surface area (Å²) in [6, 6.07) is 10.5. The van der Waals surface area contributed by atoms with Crippen LogP contribution in [0.4, 0.5) is 0 Å². The molecule has 1 N–H and O–H groups in total. The summed E-state index contributed by atoms with van der Waals surface area (Å²) in [5, 5.41) is 0. The molecule has 1 aliphatic heterocycles. The summed E-state index contributed by atoms with van der Waals surface area (Å²) < 4.78 is 3.04. The van der Waals surface area contributed by atoms with Crippen LogP contribution in [0.15, 0.2) is 36.5 Å². The molecule has 3 rings (SSSR count). The van der Waals surface area contributed by atoms with Crippen molar-refractivity contribution >= 4 is 12.2 Å². The quantitative estimate of drug-likeness (QED) is 0.867. The number of aromatic amines is 1. The molecule has 0 atom stereocenters. The SMILES string of the molecule is S=c1[nH]cc(-c2ccccc2)n1CCN1CCCCC1. The molecule has 3 nitrogen and oxygen atoms in total. The summed E-state index contributed by atoms with van der Waals surface area (Å²) in [6.07, 6.45) is 6.08. The second kappa shape index (κ2) is 6.37. The van der Waals surface area contributed by atoms with Gasteiger partial charge in [0, 0.05) is 19.3 Å². The predicted octanol–water partition coefficient (Wildman–Crippen LogP) is 3.70. The van der Waals surface area contributed by atoms with Crippen LogP contribution in [0.5, 0.6) is 0 Å². The maximum atomic E-state index is 5.43. The minimum Gasteiger partial charge on any atom is -0.337 e. The van der Waals surface area contributed by atoms with Gasteiger partial charge in [0.25, 0.3) is 0 Å². The molecule has 0 saturated carbocycles. The van der Waals surface area contributed by atoms with Crippen LogP contribution >= 0.6 is 12.2 Å². The van der Waals surface area contributed by atoms with Gasteiger partial charge < -0.3 is 14.5 Å². The Hall–Kier alpha value is -1.39. The highest BCUT2D eigenvalue weighted by molar-refractivity contribution is 7.71. The lowest BCUT2D eigenvalue weighted by molar-refractivity contribution is 0.221. The highest BCUT2D eigenvalue weighted by atomic mass is 32.1. The lowest BCUT2D eigenvalue weighted by Gasteiger charge is -2.26. The number of H-pyrrole nitrogens is 1. The number of piperidine rings is 1. The van der Waals surface area contributed by atoms with Gasteiger partial charge in [-0.05, 0) is 43.7 Å². The Labute approximate surface area is 125 Å². The first-order chi connectivity index (χ1) is 9.84. The topological polar surface area (TPSA) is 24.0 Å². The molecule has 1 fully saturated rings. The van der Waals surface area contributed by atoms with E-state index in [0.29, 0.717) is 0 Å². The van der Waals surface area contributed by atoms with Crippen LogP contribution in [0.25, 0.3) is 11.3 Å². The largest absolute Gasteiger partial charge is 0.337 e. The first kappa shape index (κ1) is 13.6. The average molecular weight is 287 g/mol. The van der Waals surface area contributed by atoms with Gasteiger partial charge in [-0.25, -0.2) is 0 Å². The standard InChI is InChI=1S/C16H21N3S/c20-16-17-13-15(14-7-3-1-4-8-14)19(16)12-11-18-9-5-2-6-10-18/h1,3-4,7-8,13H,2,5-6,9-12H2,(H,17,20). The first-order valence-corrected chi connectivity index (χ1v) is 7.81. The van der Waals surface area contributed by atoms with Crippen LogP contribution in [-0.4, -0.2) is 34.1 Å². The van der Waals surface area contributed by atoms with Crippen LogP contribution < -0.4 is 0 Å². The van der Waals surface area contributed by atoms with Gasteiger partial charge in [-0.2, -0.15) is 0 Å². The third-order valence-electron chi connectivity index (χ3n) is 4.03. The zero-order chi connectivity index (χ0) is 13.8. The Morgan fingerprint density at radius 1 is 1.00 bits per heavy atom. The summed E-state index contributed by atoms with van der Waals surface area (Å²) in [4.78, 5) is 5.73. The smallest absolute Gasteiger partial charge is 0.177 e. The van der Waals surface area contributed by atoms with Crippen molar-refractivity contribution in [3.63, 3.8) is 0 Å². The number of nitrogens with zero attached hydrogens (tertiary/aromatic N) is 2. The number of hydrogen-bond acceptors (Lipinski definition) is 2.